The van der Waals surface area contributed by atoms with Gasteiger partial charge in [0.05, 0.1) is 26.4 Å². The van der Waals surface area contributed by atoms with E-state index in [0.29, 0.717) is 6.04 Å². The highest BCUT2D eigenvalue weighted by Gasteiger charge is 2.25. The van der Waals surface area contributed by atoms with Gasteiger partial charge in [-0.2, -0.15) is 0 Å². The van der Waals surface area contributed by atoms with Crippen molar-refractivity contribution in [3.63, 3.8) is 0 Å². The molecule has 0 aromatic heterocycles. The van der Waals surface area contributed by atoms with Crippen LogP contribution in [0.2, 0.25) is 0 Å². The Morgan fingerprint density at radius 1 is 1.26 bits per heavy atom. The van der Waals surface area contributed by atoms with Crippen LogP contribution in [0, 0.1) is 0 Å². The van der Waals surface area contributed by atoms with Gasteiger partial charge in [-0.15, -0.1) is 0 Å². The van der Waals surface area contributed by atoms with E-state index >= 15 is 0 Å². The van der Waals surface area contributed by atoms with Gasteiger partial charge in [0.25, 0.3) is 0 Å². The topological polar surface area (TPSA) is 39.7 Å². The molecule has 1 aromatic rings. The summed E-state index contributed by atoms with van der Waals surface area (Å²) in [6, 6.07) is 4.54. The third-order valence-electron chi connectivity index (χ3n) is 3.31. The number of nitrogens with one attached hydrogen (secondary N) is 1. The fourth-order valence-electron chi connectivity index (χ4n) is 2.51. The highest BCUT2D eigenvalue weighted by Crippen LogP contribution is 2.41. The smallest absolute Gasteiger partial charge is 0.131 e. The lowest BCUT2D eigenvalue weighted by molar-refractivity contribution is 0.311. The molecule has 1 N–H and O–H groups in total. The standard InChI is InChI=1S/C15H23NO3/c1-10(2)16-12-6-5-7-19-14-9-11(17-3)8-13(18-4)15(12)14/h8-10,12,16H,5-7H2,1-4H3. The molecule has 1 unspecified atom stereocenters. The molecule has 1 heterocycles. The number of methoxy groups -OCH3 is 2. The summed E-state index contributed by atoms with van der Waals surface area (Å²) >= 11 is 0. The Kier molecular flexibility index (Phi) is 4.53. The second-order valence-corrected chi connectivity index (χ2v) is 5.11. The first-order chi connectivity index (χ1) is 9.15. The van der Waals surface area contributed by atoms with E-state index in [0.717, 1.165) is 42.3 Å². The van der Waals surface area contributed by atoms with Gasteiger partial charge in [-0.25, -0.2) is 0 Å². The number of hydrogen-bond acceptors (Lipinski definition) is 4. The average molecular weight is 265 g/mol. The van der Waals surface area contributed by atoms with Crippen molar-refractivity contribution in [2.24, 2.45) is 0 Å². The lowest BCUT2D eigenvalue weighted by atomic mass is 9.99. The first kappa shape index (κ1) is 14.0. The monoisotopic (exact) mass is 265 g/mol. The molecule has 0 aliphatic carbocycles. The summed E-state index contributed by atoms with van der Waals surface area (Å²) in [5.74, 6) is 2.46. The molecule has 0 bridgehead atoms. The van der Waals surface area contributed by atoms with E-state index in [1.807, 2.05) is 12.1 Å². The molecule has 0 amide bonds. The first-order valence-electron chi connectivity index (χ1n) is 6.80. The largest absolute Gasteiger partial charge is 0.496 e. The summed E-state index contributed by atoms with van der Waals surface area (Å²) in [5.41, 5.74) is 1.11. The third kappa shape index (κ3) is 3.13. The van der Waals surface area contributed by atoms with Gasteiger partial charge in [0, 0.05) is 24.2 Å². The van der Waals surface area contributed by atoms with Crippen molar-refractivity contribution in [2.75, 3.05) is 20.8 Å². The molecule has 1 aliphatic heterocycles. The molecule has 0 fully saturated rings. The molecule has 19 heavy (non-hydrogen) atoms. The Morgan fingerprint density at radius 3 is 2.68 bits per heavy atom. The summed E-state index contributed by atoms with van der Waals surface area (Å²) in [5, 5.41) is 3.59. The van der Waals surface area contributed by atoms with E-state index in [9.17, 15) is 0 Å². The van der Waals surface area contributed by atoms with E-state index in [-0.39, 0.29) is 6.04 Å². The molecule has 2 rings (SSSR count). The number of benzene rings is 1. The molecular formula is C15H23NO3. The Labute approximate surface area is 115 Å². The lowest BCUT2D eigenvalue weighted by Crippen LogP contribution is -2.28. The maximum absolute atomic E-state index is 5.85. The second kappa shape index (κ2) is 6.15. The minimum absolute atomic E-state index is 0.262. The maximum Gasteiger partial charge on any atom is 0.131 e. The highest BCUT2D eigenvalue weighted by atomic mass is 16.5. The molecule has 0 spiro atoms. The zero-order valence-corrected chi connectivity index (χ0v) is 12.2. The predicted molar refractivity (Wildman–Crippen MR) is 75.3 cm³/mol. The normalized spacial score (nSPS) is 18.5. The van der Waals surface area contributed by atoms with Gasteiger partial charge in [0.15, 0.2) is 0 Å². The average Bonchev–Trinajstić information content (AvgIpc) is 2.59. The lowest BCUT2D eigenvalue weighted by Gasteiger charge is -2.23. The fourth-order valence-corrected chi connectivity index (χ4v) is 2.51. The molecule has 1 aliphatic rings. The highest BCUT2D eigenvalue weighted by molar-refractivity contribution is 5.52. The van der Waals surface area contributed by atoms with E-state index < -0.39 is 0 Å². The van der Waals surface area contributed by atoms with Crippen LogP contribution in [0.1, 0.15) is 38.3 Å². The summed E-state index contributed by atoms with van der Waals surface area (Å²) in [6.45, 7) is 5.04. The molecule has 0 radical (unpaired) electrons. The molecule has 106 valence electrons. The van der Waals surface area contributed by atoms with E-state index in [4.69, 9.17) is 14.2 Å². The van der Waals surface area contributed by atoms with Crippen LogP contribution in [0.3, 0.4) is 0 Å². The van der Waals surface area contributed by atoms with Gasteiger partial charge in [0.2, 0.25) is 0 Å². The van der Waals surface area contributed by atoms with Crippen LogP contribution in [0.5, 0.6) is 17.2 Å². The molecule has 4 heteroatoms. The van der Waals surface area contributed by atoms with Crippen LogP contribution in [0.15, 0.2) is 12.1 Å². The number of rotatable bonds is 4. The summed E-state index contributed by atoms with van der Waals surface area (Å²) in [6.07, 6.45) is 2.08. The van der Waals surface area contributed by atoms with Gasteiger partial charge < -0.3 is 19.5 Å². The Balaban J connectivity index is 2.45. The maximum atomic E-state index is 5.85. The van der Waals surface area contributed by atoms with E-state index in [1.165, 1.54) is 0 Å². The SMILES string of the molecule is COc1cc(OC)c2c(c1)OCCCC2NC(C)C. The second-order valence-electron chi connectivity index (χ2n) is 5.11. The van der Waals surface area contributed by atoms with Crippen molar-refractivity contribution >= 4 is 0 Å². The Morgan fingerprint density at radius 2 is 2.05 bits per heavy atom. The molecule has 1 atom stereocenters. The van der Waals surface area contributed by atoms with E-state index in [1.54, 1.807) is 14.2 Å². The third-order valence-corrected chi connectivity index (χ3v) is 3.31. The number of ether oxygens (including phenoxy) is 3. The minimum atomic E-state index is 0.262. The molecule has 1 aromatic carbocycles. The number of fused-ring (bicyclic) bond motifs is 1. The molecule has 0 saturated carbocycles. The van der Waals surface area contributed by atoms with Gasteiger partial charge in [-0.1, -0.05) is 13.8 Å². The summed E-state index contributed by atoms with van der Waals surface area (Å²) < 4.78 is 16.7. The Hall–Kier alpha value is -1.42. The van der Waals surface area contributed by atoms with Crippen molar-refractivity contribution in [1.82, 2.24) is 5.32 Å². The van der Waals surface area contributed by atoms with Crippen LogP contribution in [-0.2, 0) is 0 Å². The minimum Gasteiger partial charge on any atom is -0.496 e. The van der Waals surface area contributed by atoms with Gasteiger partial charge in [-0.05, 0) is 12.8 Å². The van der Waals surface area contributed by atoms with E-state index in [2.05, 4.69) is 19.2 Å². The van der Waals surface area contributed by atoms with Crippen LogP contribution in [0.25, 0.3) is 0 Å². The van der Waals surface area contributed by atoms with Gasteiger partial charge in [-0.3, -0.25) is 0 Å². The van der Waals surface area contributed by atoms with Crippen LogP contribution in [-0.4, -0.2) is 26.9 Å². The van der Waals surface area contributed by atoms with Crippen LogP contribution < -0.4 is 19.5 Å². The fraction of sp³-hybridized carbons (Fsp3) is 0.600. The quantitative estimate of drug-likeness (QED) is 0.908. The zero-order chi connectivity index (χ0) is 13.8. The Bertz CT molecular complexity index is 432. The van der Waals surface area contributed by atoms with Crippen molar-refractivity contribution in [1.29, 1.82) is 0 Å². The number of hydrogen-bond donors (Lipinski definition) is 1. The van der Waals surface area contributed by atoms with Gasteiger partial charge in [0.1, 0.15) is 17.2 Å². The predicted octanol–water partition coefficient (Wildman–Crippen LogP) is 2.92. The van der Waals surface area contributed by atoms with Crippen molar-refractivity contribution in [3.8, 4) is 17.2 Å². The van der Waals surface area contributed by atoms with Crippen molar-refractivity contribution in [3.05, 3.63) is 17.7 Å². The first-order valence-corrected chi connectivity index (χ1v) is 6.80. The zero-order valence-electron chi connectivity index (χ0n) is 12.2. The van der Waals surface area contributed by atoms with Crippen LogP contribution in [0.4, 0.5) is 0 Å². The van der Waals surface area contributed by atoms with Crippen LogP contribution >= 0.6 is 0 Å². The van der Waals surface area contributed by atoms with Crippen molar-refractivity contribution in [2.45, 2.75) is 38.8 Å². The summed E-state index contributed by atoms with van der Waals surface area (Å²) in [7, 11) is 3.34. The molecule has 0 saturated heterocycles. The summed E-state index contributed by atoms with van der Waals surface area (Å²) in [4.78, 5) is 0. The molecular weight excluding hydrogens is 242 g/mol. The van der Waals surface area contributed by atoms with Gasteiger partial charge >= 0.3 is 0 Å². The van der Waals surface area contributed by atoms with Crippen molar-refractivity contribution < 1.29 is 14.2 Å². The molecule has 4 nitrogen and oxygen atoms in total.